The largest absolute Gasteiger partial charge is 0.466 e. The molecule has 0 unspecified atom stereocenters. The van der Waals surface area contributed by atoms with Crippen molar-refractivity contribution in [2.24, 2.45) is 0 Å². The Bertz CT molecular complexity index is 653. The van der Waals surface area contributed by atoms with Crippen molar-refractivity contribution in [2.45, 2.75) is 57.3 Å². The van der Waals surface area contributed by atoms with Crippen LogP contribution in [-0.2, 0) is 14.0 Å². The van der Waals surface area contributed by atoms with Gasteiger partial charge in [-0.15, -0.1) is 0 Å². The average molecular weight is 359 g/mol. The van der Waals surface area contributed by atoms with E-state index in [1.54, 1.807) is 0 Å². The molecule has 0 saturated carbocycles. The van der Waals surface area contributed by atoms with Crippen molar-refractivity contribution in [2.75, 3.05) is 7.11 Å². The number of esters is 1. The Morgan fingerprint density at radius 1 is 1.16 bits per heavy atom. The molecule has 0 fully saturated rings. The Kier molecular flexibility index (Phi) is 6.06. The van der Waals surface area contributed by atoms with E-state index in [1.165, 1.54) is 12.7 Å². The number of methoxy groups -OCH3 is 1. The third kappa shape index (κ3) is 4.70. The molecule has 25 heavy (non-hydrogen) atoms. The first kappa shape index (κ1) is 19.7. The van der Waals surface area contributed by atoms with Crippen LogP contribution in [0.1, 0.15) is 38.7 Å². The fraction of sp³-hybridized carbons (Fsp3) is 0.476. The van der Waals surface area contributed by atoms with E-state index in [4.69, 9.17) is 9.16 Å². The third-order valence-electron chi connectivity index (χ3n) is 5.26. The van der Waals surface area contributed by atoms with Crippen molar-refractivity contribution in [3.8, 4) is 0 Å². The smallest absolute Gasteiger partial charge is 0.336 e. The van der Waals surface area contributed by atoms with Crippen molar-refractivity contribution in [3.63, 3.8) is 0 Å². The van der Waals surface area contributed by atoms with E-state index >= 15 is 0 Å². The van der Waals surface area contributed by atoms with E-state index in [9.17, 15) is 4.79 Å². The summed E-state index contributed by atoms with van der Waals surface area (Å²) in [7, 11) is -0.587. The van der Waals surface area contributed by atoms with Gasteiger partial charge in [0.1, 0.15) is 0 Å². The molecule has 0 heterocycles. The van der Waals surface area contributed by atoms with E-state index in [0.29, 0.717) is 5.57 Å². The lowest BCUT2D eigenvalue weighted by atomic mass is 9.94. The number of rotatable bonds is 4. The summed E-state index contributed by atoms with van der Waals surface area (Å²) in [5.74, 6) is -0.157. The lowest BCUT2D eigenvalue weighted by Gasteiger charge is -2.38. The number of hydrogen-bond donors (Lipinski definition) is 0. The van der Waals surface area contributed by atoms with E-state index < -0.39 is 8.32 Å². The van der Waals surface area contributed by atoms with Gasteiger partial charge in [0.05, 0.1) is 18.8 Å². The summed E-state index contributed by atoms with van der Waals surface area (Å²) in [5.41, 5.74) is 1.80. The maximum absolute atomic E-state index is 12.5. The van der Waals surface area contributed by atoms with Crippen LogP contribution >= 0.6 is 0 Å². The molecule has 1 aromatic carbocycles. The molecule has 0 saturated heterocycles. The van der Waals surface area contributed by atoms with Gasteiger partial charge < -0.3 is 9.16 Å². The van der Waals surface area contributed by atoms with Gasteiger partial charge in [0.15, 0.2) is 8.32 Å². The normalized spacial score (nSPS) is 21.4. The van der Waals surface area contributed by atoms with E-state index in [0.717, 1.165) is 6.42 Å². The molecule has 0 amide bonds. The molecular weight excluding hydrogens is 328 g/mol. The highest BCUT2D eigenvalue weighted by molar-refractivity contribution is 6.74. The lowest BCUT2D eigenvalue weighted by Crippen LogP contribution is -2.44. The van der Waals surface area contributed by atoms with Gasteiger partial charge in [-0.05, 0) is 30.1 Å². The Balaban J connectivity index is 2.38. The Morgan fingerprint density at radius 3 is 2.36 bits per heavy atom. The monoisotopic (exact) mass is 358 g/mol. The van der Waals surface area contributed by atoms with Crippen molar-refractivity contribution in [3.05, 3.63) is 59.7 Å². The standard InChI is InChI=1S/C21H30O3Si/c1-21(2,3)25(5,6)24-19-14-10-13-17(15-18(19)20(22)23-4)16-11-8-7-9-12-16/h7-12,14-15,17,19H,13H2,1-6H3/t17-,19+/m1/s1. The summed E-state index contributed by atoms with van der Waals surface area (Å²) in [6.45, 7) is 11.0. The highest BCUT2D eigenvalue weighted by atomic mass is 28.4. The number of allylic oxidation sites excluding steroid dienone is 2. The molecule has 0 radical (unpaired) electrons. The molecule has 0 bridgehead atoms. The average Bonchev–Trinajstić information content (AvgIpc) is 2.76. The van der Waals surface area contributed by atoms with Crippen LogP contribution in [0, 0.1) is 0 Å². The number of carbonyl (C=O) groups is 1. The summed E-state index contributed by atoms with van der Waals surface area (Å²) in [5, 5.41) is 0.0766. The van der Waals surface area contributed by atoms with Gasteiger partial charge in [0.25, 0.3) is 0 Å². The predicted molar refractivity (Wildman–Crippen MR) is 105 cm³/mol. The molecule has 136 valence electrons. The number of benzene rings is 1. The predicted octanol–water partition coefficient (Wildman–Crippen LogP) is 5.22. The van der Waals surface area contributed by atoms with Gasteiger partial charge in [0.2, 0.25) is 0 Å². The van der Waals surface area contributed by atoms with Crippen LogP contribution in [0.15, 0.2) is 54.1 Å². The molecule has 1 aliphatic rings. The molecule has 1 aliphatic carbocycles. The van der Waals surface area contributed by atoms with Crippen LogP contribution in [0.2, 0.25) is 18.1 Å². The molecule has 1 aromatic rings. The number of hydrogen-bond acceptors (Lipinski definition) is 3. The van der Waals surface area contributed by atoms with Gasteiger partial charge in [-0.3, -0.25) is 0 Å². The fourth-order valence-electron chi connectivity index (χ4n) is 2.66. The zero-order valence-electron chi connectivity index (χ0n) is 16.2. The van der Waals surface area contributed by atoms with Crippen LogP contribution in [0.3, 0.4) is 0 Å². The Morgan fingerprint density at radius 2 is 1.80 bits per heavy atom. The Hall–Kier alpha value is -1.65. The highest BCUT2D eigenvalue weighted by Gasteiger charge is 2.40. The molecule has 0 aromatic heterocycles. The molecule has 0 N–H and O–H groups in total. The molecule has 0 spiro atoms. The van der Waals surface area contributed by atoms with Crippen LogP contribution < -0.4 is 0 Å². The topological polar surface area (TPSA) is 35.5 Å². The maximum atomic E-state index is 12.5. The minimum Gasteiger partial charge on any atom is -0.466 e. The van der Waals surface area contributed by atoms with Crippen molar-refractivity contribution in [1.29, 1.82) is 0 Å². The van der Waals surface area contributed by atoms with Crippen LogP contribution in [0.4, 0.5) is 0 Å². The zero-order chi connectivity index (χ0) is 18.7. The quantitative estimate of drug-likeness (QED) is 0.420. The van der Waals surface area contributed by atoms with Crippen molar-refractivity contribution in [1.82, 2.24) is 0 Å². The van der Waals surface area contributed by atoms with E-state index in [1.807, 2.05) is 30.4 Å². The summed E-state index contributed by atoms with van der Waals surface area (Å²) >= 11 is 0. The fourth-order valence-corrected chi connectivity index (χ4v) is 3.86. The first-order valence-electron chi connectivity index (χ1n) is 8.85. The molecule has 0 aliphatic heterocycles. The third-order valence-corrected chi connectivity index (χ3v) is 9.72. The number of carbonyl (C=O) groups excluding carboxylic acids is 1. The van der Waals surface area contributed by atoms with Crippen molar-refractivity contribution < 1.29 is 14.0 Å². The summed E-state index contributed by atoms with van der Waals surface area (Å²) in [6.07, 6.45) is 6.68. The highest BCUT2D eigenvalue weighted by Crippen LogP contribution is 2.39. The van der Waals surface area contributed by atoms with Gasteiger partial charge in [-0.1, -0.05) is 69.3 Å². The SMILES string of the molecule is COC(=O)C1=C[C@H](c2ccccc2)CC=C[C@@H]1O[Si](C)(C)C(C)(C)C. The van der Waals surface area contributed by atoms with Crippen LogP contribution in [0.5, 0.6) is 0 Å². The van der Waals surface area contributed by atoms with Gasteiger partial charge in [-0.25, -0.2) is 4.79 Å². The Labute approximate surface area is 152 Å². The second kappa shape index (κ2) is 7.71. The zero-order valence-corrected chi connectivity index (χ0v) is 17.2. The second-order valence-electron chi connectivity index (χ2n) is 8.09. The van der Waals surface area contributed by atoms with Crippen LogP contribution in [-0.4, -0.2) is 27.5 Å². The summed E-state index contributed by atoms with van der Waals surface area (Å²) < 4.78 is 11.6. The van der Waals surface area contributed by atoms with Crippen LogP contribution in [0.25, 0.3) is 0 Å². The van der Waals surface area contributed by atoms with Gasteiger partial charge in [0, 0.05) is 5.92 Å². The van der Waals surface area contributed by atoms with Gasteiger partial charge in [-0.2, -0.15) is 0 Å². The van der Waals surface area contributed by atoms with E-state index in [2.05, 4.69) is 52.1 Å². The molecule has 4 heteroatoms. The maximum Gasteiger partial charge on any atom is 0.336 e. The summed E-state index contributed by atoms with van der Waals surface area (Å²) in [4.78, 5) is 12.5. The lowest BCUT2D eigenvalue weighted by molar-refractivity contribution is -0.136. The minimum absolute atomic E-state index is 0.0766. The minimum atomic E-state index is -2.02. The van der Waals surface area contributed by atoms with Crippen molar-refractivity contribution >= 4 is 14.3 Å². The molecular formula is C21H30O3Si. The molecule has 2 rings (SSSR count). The molecule has 2 atom stereocenters. The first-order valence-corrected chi connectivity index (χ1v) is 11.8. The van der Waals surface area contributed by atoms with Gasteiger partial charge >= 0.3 is 5.97 Å². The summed E-state index contributed by atoms with van der Waals surface area (Å²) in [6, 6.07) is 10.3. The molecule has 3 nitrogen and oxygen atoms in total. The first-order chi connectivity index (χ1) is 11.7. The number of ether oxygens (including phenoxy) is 1. The second-order valence-corrected chi connectivity index (χ2v) is 12.8. The van der Waals surface area contributed by atoms with E-state index in [-0.39, 0.29) is 23.0 Å².